The Kier molecular flexibility index (Phi) is 8.14. The molecule has 1 N–H and O–H groups in total. The zero-order valence-electron chi connectivity index (χ0n) is 11.6. The van der Waals surface area contributed by atoms with Gasteiger partial charge in [0, 0.05) is 7.11 Å². The Morgan fingerprint density at radius 1 is 1.32 bits per heavy atom. The second kappa shape index (κ2) is 9.73. The van der Waals surface area contributed by atoms with Crippen LogP contribution in [0.2, 0.25) is 0 Å². The maximum absolute atomic E-state index is 9.82. The van der Waals surface area contributed by atoms with E-state index in [0.717, 1.165) is 12.8 Å². The highest BCUT2D eigenvalue weighted by molar-refractivity contribution is 5.14. The summed E-state index contributed by atoms with van der Waals surface area (Å²) in [6, 6.07) is 10.3. The third kappa shape index (κ3) is 7.11. The van der Waals surface area contributed by atoms with Crippen LogP contribution in [0.4, 0.5) is 0 Å². The Hall–Kier alpha value is -1.16. The molecule has 0 saturated heterocycles. The van der Waals surface area contributed by atoms with E-state index in [0.29, 0.717) is 12.8 Å². The number of benzene rings is 1. The van der Waals surface area contributed by atoms with Gasteiger partial charge in [-0.15, -0.1) is 6.58 Å². The zero-order valence-corrected chi connectivity index (χ0v) is 11.6. The second-order valence-corrected chi connectivity index (χ2v) is 4.63. The molecule has 3 heteroatoms. The number of ether oxygens (including phenoxy) is 2. The van der Waals surface area contributed by atoms with Crippen LogP contribution in [0.15, 0.2) is 43.0 Å². The van der Waals surface area contributed by atoms with E-state index >= 15 is 0 Å². The van der Waals surface area contributed by atoms with Gasteiger partial charge < -0.3 is 14.6 Å². The van der Waals surface area contributed by atoms with Crippen LogP contribution in [0.1, 0.15) is 24.8 Å². The van der Waals surface area contributed by atoms with Crippen molar-refractivity contribution >= 4 is 0 Å². The summed E-state index contributed by atoms with van der Waals surface area (Å²) in [5, 5.41) is 9.82. The van der Waals surface area contributed by atoms with Crippen LogP contribution in [0.5, 0.6) is 0 Å². The first-order valence-electron chi connectivity index (χ1n) is 6.69. The Morgan fingerprint density at radius 3 is 2.68 bits per heavy atom. The molecule has 0 fully saturated rings. The average Bonchev–Trinajstić information content (AvgIpc) is 2.43. The molecule has 0 aliphatic carbocycles. The molecule has 0 heterocycles. The van der Waals surface area contributed by atoms with E-state index in [1.165, 1.54) is 5.56 Å². The highest BCUT2D eigenvalue weighted by Crippen LogP contribution is 2.14. The molecule has 0 bridgehead atoms. The van der Waals surface area contributed by atoms with Gasteiger partial charge in [-0.25, -0.2) is 0 Å². The van der Waals surface area contributed by atoms with Crippen LogP contribution in [0.3, 0.4) is 0 Å². The van der Waals surface area contributed by atoms with Gasteiger partial charge in [-0.2, -0.15) is 0 Å². The molecule has 0 amide bonds. The van der Waals surface area contributed by atoms with Crippen LogP contribution >= 0.6 is 0 Å². The van der Waals surface area contributed by atoms with Gasteiger partial charge in [0.15, 0.2) is 0 Å². The van der Waals surface area contributed by atoms with Crippen molar-refractivity contribution < 1.29 is 14.6 Å². The summed E-state index contributed by atoms with van der Waals surface area (Å²) in [5.74, 6) is 0. The van der Waals surface area contributed by atoms with Crippen molar-refractivity contribution in [3.05, 3.63) is 48.6 Å². The van der Waals surface area contributed by atoms with Crippen molar-refractivity contribution in [3.8, 4) is 0 Å². The van der Waals surface area contributed by atoms with E-state index in [2.05, 4.69) is 18.7 Å². The lowest BCUT2D eigenvalue weighted by atomic mass is 10.0. The largest absolute Gasteiger partial charge is 0.393 e. The number of methoxy groups -OCH3 is 1. The van der Waals surface area contributed by atoms with Crippen molar-refractivity contribution in [2.24, 2.45) is 0 Å². The monoisotopic (exact) mass is 264 g/mol. The highest BCUT2D eigenvalue weighted by Gasteiger charge is 2.14. The molecule has 0 aliphatic rings. The highest BCUT2D eigenvalue weighted by atomic mass is 16.7. The number of hydrogen-bond donors (Lipinski definition) is 1. The Morgan fingerprint density at radius 2 is 2.05 bits per heavy atom. The van der Waals surface area contributed by atoms with Crippen molar-refractivity contribution in [2.75, 3.05) is 13.9 Å². The van der Waals surface area contributed by atoms with Crippen LogP contribution < -0.4 is 0 Å². The smallest absolute Gasteiger partial charge is 0.146 e. The molecule has 0 spiro atoms. The van der Waals surface area contributed by atoms with E-state index in [1.807, 2.05) is 18.2 Å². The van der Waals surface area contributed by atoms with Crippen LogP contribution in [-0.2, 0) is 15.9 Å². The summed E-state index contributed by atoms with van der Waals surface area (Å²) in [7, 11) is 1.61. The molecule has 1 aromatic carbocycles. The van der Waals surface area contributed by atoms with Gasteiger partial charge in [-0.1, -0.05) is 36.4 Å². The maximum Gasteiger partial charge on any atom is 0.146 e. The lowest BCUT2D eigenvalue weighted by Crippen LogP contribution is -2.22. The molecule has 0 aliphatic heterocycles. The molecular weight excluding hydrogens is 240 g/mol. The Labute approximate surface area is 115 Å². The Balaban J connectivity index is 2.42. The maximum atomic E-state index is 9.82. The quantitative estimate of drug-likeness (QED) is 0.521. The van der Waals surface area contributed by atoms with E-state index in [9.17, 15) is 5.11 Å². The van der Waals surface area contributed by atoms with Gasteiger partial charge in [0.25, 0.3) is 0 Å². The number of aliphatic hydroxyl groups excluding tert-OH is 1. The molecular formula is C16H24O3. The first-order valence-corrected chi connectivity index (χ1v) is 6.69. The van der Waals surface area contributed by atoms with E-state index in [4.69, 9.17) is 9.47 Å². The van der Waals surface area contributed by atoms with Gasteiger partial charge in [-0.05, 0) is 31.2 Å². The third-order valence-corrected chi connectivity index (χ3v) is 2.99. The number of hydrogen-bond acceptors (Lipinski definition) is 3. The first kappa shape index (κ1) is 15.9. The standard InChI is InChI=1S/C16H24O3/c1-3-7-15(17)12-16(19-13-18-2)11-10-14-8-5-4-6-9-14/h3-6,8-9,15-17H,1,7,10-13H2,2H3/t15-,16-/m0/s1. The molecule has 0 unspecified atom stereocenters. The Bertz CT molecular complexity index is 337. The molecule has 0 saturated carbocycles. The second-order valence-electron chi connectivity index (χ2n) is 4.63. The van der Waals surface area contributed by atoms with Gasteiger partial charge in [0.2, 0.25) is 0 Å². The molecule has 2 atom stereocenters. The van der Waals surface area contributed by atoms with Gasteiger partial charge in [-0.3, -0.25) is 0 Å². The summed E-state index contributed by atoms with van der Waals surface area (Å²) in [5.41, 5.74) is 1.28. The fourth-order valence-corrected chi connectivity index (χ4v) is 2.00. The third-order valence-electron chi connectivity index (χ3n) is 2.99. The minimum absolute atomic E-state index is 0.00936. The first-order chi connectivity index (χ1) is 9.26. The summed E-state index contributed by atoms with van der Waals surface area (Å²) in [6.45, 7) is 3.90. The minimum Gasteiger partial charge on any atom is -0.393 e. The topological polar surface area (TPSA) is 38.7 Å². The van der Waals surface area contributed by atoms with Gasteiger partial charge in [0.1, 0.15) is 6.79 Å². The van der Waals surface area contributed by atoms with E-state index in [1.54, 1.807) is 13.2 Å². The molecule has 1 rings (SSSR count). The van der Waals surface area contributed by atoms with E-state index < -0.39 is 6.10 Å². The SMILES string of the molecule is C=CC[C@H](O)C[C@H](CCc1ccccc1)OCOC. The summed E-state index contributed by atoms with van der Waals surface area (Å²) in [6.07, 6.45) is 4.37. The number of aryl methyl sites for hydroxylation is 1. The van der Waals surface area contributed by atoms with Crippen LogP contribution in [0, 0.1) is 0 Å². The lowest BCUT2D eigenvalue weighted by Gasteiger charge is -2.20. The van der Waals surface area contributed by atoms with Gasteiger partial charge >= 0.3 is 0 Å². The summed E-state index contributed by atoms with van der Waals surface area (Å²) >= 11 is 0. The molecule has 106 valence electrons. The fourth-order valence-electron chi connectivity index (χ4n) is 2.00. The van der Waals surface area contributed by atoms with Crippen molar-refractivity contribution in [1.82, 2.24) is 0 Å². The molecule has 1 aromatic rings. The minimum atomic E-state index is -0.393. The van der Waals surface area contributed by atoms with Crippen molar-refractivity contribution in [2.45, 2.75) is 37.9 Å². The molecule has 19 heavy (non-hydrogen) atoms. The summed E-state index contributed by atoms with van der Waals surface area (Å²) in [4.78, 5) is 0. The zero-order chi connectivity index (χ0) is 13.9. The van der Waals surface area contributed by atoms with Crippen LogP contribution in [0.25, 0.3) is 0 Å². The molecule has 0 radical (unpaired) electrons. The number of aliphatic hydroxyl groups is 1. The predicted molar refractivity (Wildman–Crippen MR) is 76.9 cm³/mol. The molecule has 3 nitrogen and oxygen atoms in total. The van der Waals surface area contributed by atoms with Gasteiger partial charge in [0.05, 0.1) is 12.2 Å². The van der Waals surface area contributed by atoms with Crippen molar-refractivity contribution in [3.63, 3.8) is 0 Å². The number of rotatable bonds is 10. The normalized spacial score (nSPS) is 14.0. The predicted octanol–water partition coefficient (Wildman–Crippen LogP) is 2.94. The lowest BCUT2D eigenvalue weighted by molar-refractivity contribution is -0.0861. The van der Waals surface area contributed by atoms with Crippen LogP contribution in [-0.4, -0.2) is 31.2 Å². The average molecular weight is 264 g/mol. The van der Waals surface area contributed by atoms with E-state index in [-0.39, 0.29) is 12.9 Å². The van der Waals surface area contributed by atoms with Crippen molar-refractivity contribution in [1.29, 1.82) is 0 Å². The fraction of sp³-hybridized carbons (Fsp3) is 0.500. The molecule has 0 aromatic heterocycles. The summed E-state index contributed by atoms with van der Waals surface area (Å²) < 4.78 is 10.6.